The molecule has 0 aliphatic rings. The molecule has 4 aromatic rings. The van der Waals surface area contributed by atoms with Gasteiger partial charge in [-0.2, -0.15) is 0 Å². The summed E-state index contributed by atoms with van der Waals surface area (Å²) in [5, 5.41) is 5.10. The third-order valence-corrected chi connectivity index (χ3v) is 7.65. The molecule has 0 saturated heterocycles. The maximum absolute atomic E-state index is 12.4. The van der Waals surface area contributed by atoms with E-state index < -0.39 is 9.84 Å². The molecule has 0 unspecified atom stereocenters. The van der Waals surface area contributed by atoms with Crippen molar-refractivity contribution in [2.45, 2.75) is 24.7 Å². The number of aromatic nitrogens is 1. The van der Waals surface area contributed by atoms with E-state index in [1.165, 1.54) is 11.3 Å². The first-order valence-electron chi connectivity index (χ1n) is 10.8. The van der Waals surface area contributed by atoms with Gasteiger partial charge in [-0.1, -0.05) is 35.9 Å². The fourth-order valence-corrected chi connectivity index (χ4v) is 5.30. The third-order valence-electron chi connectivity index (χ3n) is 5.08. The van der Waals surface area contributed by atoms with E-state index in [4.69, 9.17) is 4.74 Å². The number of rotatable bonds is 9. The highest BCUT2D eigenvalue weighted by Gasteiger charge is 2.15. The number of para-hydroxylation sites is 1. The zero-order valence-corrected chi connectivity index (χ0v) is 20.2. The summed E-state index contributed by atoms with van der Waals surface area (Å²) < 4.78 is 30.6. The van der Waals surface area contributed by atoms with Crippen molar-refractivity contribution in [3.05, 3.63) is 89.8 Å². The highest BCUT2D eigenvalue weighted by atomic mass is 32.2. The summed E-state index contributed by atoms with van der Waals surface area (Å²) >= 11 is 1.32. The van der Waals surface area contributed by atoms with Crippen molar-refractivity contribution in [3.63, 3.8) is 0 Å². The number of ether oxygens (including phenoxy) is 1. The second kappa shape index (κ2) is 10.6. The third kappa shape index (κ3) is 6.30. The minimum Gasteiger partial charge on any atom is -0.457 e. The largest absolute Gasteiger partial charge is 0.457 e. The molecule has 0 fully saturated rings. The summed E-state index contributed by atoms with van der Waals surface area (Å²) in [5.74, 6) is 1.15. The van der Waals surface area contributed by atoms with Crippen molar-refractivity contribution in [3.8, 4) is 22.8 Å². The van der Waals surface area contributed by atoms with Crippen LogP contribution < -0.4 is 10.1 Å². The van der Waals surface area contributed by atoms with Crippen LogP contribution in [0.4, 0.5) is 5.13 Å². The topological polar surface area (TPSA) is 85.4 Å². The summed E-state index contributed by atoms with van der Waals surface area (Å²) in [6.07, 6.45) is 0.342. The van der Waals surface area contributed by atoms with E-state index in [2.05, 4.69) is 10.3 Å². The number of thiazole rings is 1. The molecule has 0 radical (unpaired) electrons. The van der Waals surface area contributed by atoms with Gasteiger partial charge in [0.1, 0.15) is 11.5 Å². The van der Waals surface area contributed by atoms with Gasteiger partial charge in [0.25, 0.3) is 0 Å². The Labute approximate surface area is 203 Å². The zero-order chi connectivity index (χ0) is 24.0. The maximum Gasteiger partial charge on any atom is 0.226 e. The first kappa shape index (κ1) is 23.7. The minimum absolute atomic E-state index is 0.0794. The normalized spacial score (nSPS) is 11.2. The number of sulfone groups is 1. The number of carbonyl (C=O) groups excluding carboxylic acids is 1. The molecule has 0 aliphatic heterocycles. The van der Waals surface area contributed by atoms with E-state index in [0.717, 1.165) is 28.3 Å². The fraction of sp³-hybridized carbons (Fsp3) is 0.154. The van der Waals surface area contributed by atoms with Gasteiger partial charge in [0.15, 0.2) is 15.0 Å². The number of aryl methyl sites for hydroxylation is 1. The Bertz CT molecular complexity index is 1350. The highest BCUT2D eigenvalue weighted by molar-refractivity contribution is 7.91. The summed E-state index contributed by atoms with van der Waals surface area (Å²) in [6.45, 7) is 1.90. The number of nitrogens with zero attached hydrogens (tertiary/aromatic N) is 1. The molecule has 0 atom stereocenters. The lowest BCUT2D eigenvalue weighted by Crippen LogP contribution is -2.14. The van der Waals surface area contributed by atoms with E-state index in [1.54, 1.807) is 24.3 Å². The van der Waals surface area contributed by atoms with E-state index in [0.29, 0.717) is 5.13 Å². The van der Waals surface area contributed by atoms with Crippen LogP contribution in [0, 0.1) is 6.92 Å². The molecule has 1 amide bonds. The van der Waals surface area contributed by atoms with Gasteiger partial charge in [-0.05, 0) is 61.9 Å². The van der Waals surface area contributed by atoms with Crippen LogP contribution in [0.1, 0.15) is 18.4 Å². The van der Waals surface area contributed by atoms with Crippen molar-refractivity contribution in [2.75, 3.05) is 11.1 Å². The van der Waals surface area contributed by atoms with Gasteiger partial charge in [0, 0.05) is 17.4 Å². The predicted molar refractivity (Wildman–Crippen MR) is 135 cm³/mol. The lowest BCUT2D eigenvalue weighted by atomic mass is 10.2. The number of nitrogens with one attached hydrogen (secondary N) is 1. The van der Waals surface area contributed by atoms with E-state index >= 15 is 0 Å². The summed E-state index contributed by atoms with van der Waals surface area (Å²) in [7, 11) is -3.40. The Balaban J connectivity index is 1.28. The first-order valence-corrected chi connectivity index (χ1v) is 13.3. The first-order chi connectivity index (χ1) is 16.4. The van der Waals surface area contributed by atoms with Crippen LogP contribution in [0.25, 0.3) is 11.3 Å². The van der Waals surface area contributed by atoms with Crippen LogP contribution in [0.2, 0.25) is 0 Å². The molecule has 0 saturated carbocycles. The van der Waals surface area contributed by atoms with Crippen LogP contribution in [0.15, 0.2) is 89.1 Å². The number of amides is 1. The van der Waals surface area contributed by atoms with Crippen LogP contribution in [0.3, 0.4) is 0 Å². The number of hydrogen-bond acceptors (Lipinski definition) is 6. The Kier molecular flexibility index (Phi) is 7.40. The van der Waals surface area contributed by atoms with Gasteiger partial charge in [0.2, 0.25) is 5.91 Å². The quantitative estimate of drug-likeness (QED) is 0.305. The van der Waals surface area contributed by atoms with Crippen LogP contribution in [-0.2, 0) is 14.6 Å². The van der Waals surface area contributed by atoms with Gasteiger partial charge >= 0.3 is 0 Å². The van der Waals surface area contributed by atoms with Gasteiger partial charge in [-0.25, -0.2) is 13.4 Å². The summed E-state index contributed by atoms with van der Waals surface area (Å²) in [4.78, 5) is 17.0. The fourth-order valence-electron chi connectivity index (χ4n) is 3.25. The highest BCUT2D eigenvalue weighted by Crippen LogP contribution is 2.28. The van der Waals surface area contributed by atoms with Crippen molar-refractivity contribution in [2.24, 2.45) is 0 Å². The summed E-state index contributed by atoms with van der Waals surface area (Å²) in [5.41, 5.74) is 2.65. The molecule has 174 valence electrons. The molecule has 6 nitrogen and oxygen atoms in total. The standard InChI is InChI=1S/C26H24N2O4S2/c1-19-9-15-23(16-10-19)34(30,31)17-5-8-25(29)28-26-27-24(18-33-26)20-11-13-22(14-12-20)32-21-6-3-2-4-7-21/h2-4,6-7,9-16,18H,5,8,17H2,1H3,(H,27,28,29). The molecule has 1 aromatic heterocycles. The van der Waals surface area contributed by atoms with E-state index in [-0.39, 0.29) is 29.4 Å². The number of benzene rings is 3. The molecule has 8 heteroatoms. The number of anilines is 1. The molecule has 0 spiro atoms. The Morgan fingerprint density at radius 3 is 2.32 bits per heavy atom. The van der Waals surface area contributed by atoms with Crippen LogP contribution >= 0.6 is 11.3 Å². The molecule has 34 heavy (non-hydrogen) atoms. The Morgan fingerprint density at radius 1 is 0.941 bits per heavy atom. The average Bonchev–Trinajstić information content (AvgIpc) is 3.29. The van der Waals surface area contributed by atoms with Crippen molar-refractivity contribution in [1.29, 1.82) is 0 Å². The van der Waals surface area contributed by atoms with Crippen molar-refractivity contribution < 1.29 is 17.9 Å². The summed E-state index contributed by atoms with van der Waals surface area (Å²) in [6, 6.07) is 23.8. The molecular weight excluding hydrogens is 468 g/mol. The SMILES string of the molecule is Cc1ccc(S(=O)(=O)CCCC(=O)Nc2nc(-c3ccc(Oc4ccccc4)cc3)cs2)cc1. The second-order valence-electron chi connectivity index (χ2n) is 7.76. The van der Waals surface area contributed by atoms with E-state index in [9.17, 15) is 13.2 Å². The monoisotopic (exact) mass is 492 g/mol. The van der Waals surface area contributed by atoms with Crippen LogP contribution in [0.5, 0.6) is 11.5 Å². The second-order valence-corrected chi connectivity index (χ2v) is 10.7. The van der Waals surface area contributed by atoms with Crippen molar-refractivity contribution >= 4 is 32.2 Å². The molecule has 1 heterocycles. The van der Waals surface area contributed by atoms with Crippen molar-refractivity contribution in [1.82, 2.24) is 4.98 Å². The lowest BCUT2D eigenvalue weighted by Gasteiger charge is -2.06. The van der Waals surface area contributed by atoms with Gasteiger partial charge in [-0.3, -0.25) is 4.79 Å². The predicted octanol–water partition coefficient (Wildman–Crippen LogP) is 6.10. The Morgan fingerprint density at radius 2 is 1.62 bits per heavy atom. The lowest BCUT2D eigenvalue weighted by molar-refractivity contribution is -0.116. The molecular formula is C26H24N2O4S2. The molecule has 1 N–H and O–H groups in total. The molecule has 3 aromatic carbocycles. The van der Waals surface area contributed by atoms with Gasteiger partial charge in [0.05, 0.1) is 16.3 Å². The molecule has 0 bridgehead atoms. The van der Waals surface area contributed by atoms with Gasteiger partial charge in [-0.15, -0.1) is 11.3 Å². The zero-order valence-electron chi connectivity index (χ0n) is 18.6. The smallest absolute Gasteiger partial charge is 0.226 e. The number of carbonyl (C=O) groups is 1. The molecule has 4 rings (SSSR count). The average molecular weight is 493 g/mol. The molecule has 0 aliphatic carbocycles. The minimum atomic E-state index is -3.40. The van der Waals surface area contributed by atoms with Crippen LogP contribution in [-0.4, -0.2) is 25.1 Å². The maximum atomic E-state index is 12.4. The van der Waals surface area contributed by atoms with Gasteiger partial charge < -0.3 is 10.1 Å². The Hall–Kier alpha value is -3.49. The van der Waals surface area contributed by atoms with E-state index in [1.807, 2.05) is 66.9 Å². The number of hydrogen-bond donors (Lipinski definition) is 1.